The molecule has 1 saturated heterocycles. The van der Waals surface area contributed by atoms with Gasteiger partial charge in [-0.25, -0.2) is 19.9 Å². The van der Waals surface area contributed by atoms with Gasteiger partial charge in [0.05, 0.1) is 11.2 Å². The first-order chi connectivity index (χ1) is 48.4. The minimum atomic E-state index is -0.326. The van der Waals surface area contributed by atoms with Crippen molar-refractivity contribution in [2.75, 3.05) is 0 Å². The molecule has 19 rings (SSSR count). The van der Waals surface area contributed by atoms with Gasteiger partial charge in [-0.1, -0.05) is 276 Å². The van der Waals surface area contributed by atoms with Crippen molar-refractivity contribution in [3.05, 3.63) is 307 Å². The highest BCUT2D eigenvalue weighted by molar-refractivity contribution is 6.62. The fourth-order valence-corrected chi connectivity index (χ4v) is 15.4. The minimum absolute atomic E-state index is 0.00268. The summed E-state index contributed by atoms with van der Waals surface area (Å²) < 4.78 is 12.5. The van der Waals surface area contributed by atoms with Crippen LogP contribution >= 0.6 is 11.6 Å². The third kappa shape index (κ3) is 11.0. The van der Waals surface area contributed by atoms with E-state index in [1.165, 1.54) is 87.6 Å². The monoisotopic (exact) mass is 1310 g/mol. The van der Waals surface area contributed by atoms with Gasteiger partial charge < -0.3 is 9.31 Å². The quantitative estimate of drug-likeness (QED) is 0.152. The van der Waals surface area contributed by atoms with Crippen molar-refractivity contribution < 1.29 is 9.31 Å². The number of hydrogen-bond acceptors (Lipinski definition) is 8. The van der Waals surface area contributed by atoms with E-state index in [-0.39, 0.29) is 34.4 Å². The first-order valence-electron chi connectivity index (χ1n) is 34.3. The van der Waals surface area contributed by atoms with Gasteiger partial charge in [0.15, 0.2) is 29.1 Å². The van der Waals surface area contributed by atoms with E-state index in [2.05, 4.69) is 313 Å². The van der Waals surface area contributed by atoms with Crippen LogP contribution in [-0.2, 0) is 20.1 Å². The maximum atomic E-state index is 6.26. The molecule has 10 heteroatoms. The predicted molar refractivity (Wildman–Crippen MR) is 414 cm³/mol. The second-order valence-corrected chi connectivity index (χ2v) is 29.0. The molecule has 0 amide bonds. The third-order valence-corrected chi connectivity index (χ3v) is 21.3. The summed E-state index contributed by atoms with van der Waals surface area (Å²) >= 11 is 6.22. The summed E-state index contributed by atoms with van der Waals surface area (Å²) in [5, 5.41) is 14.5. The van der Waals surface area contributed by atoms with E-state index in [9.17, 15) is 0 Å². The van der Waals surface area contributed by atoms with Crippen molar-refractivity contribution >= 4 is 88.8 Å². The van der Waals surface area contributed by atoms with Crippen LogP contribution in [0, 0.1) is 0 Å². The van der Waals surface area contributed by atoms with Gasteiger partial charge in [-0.3, -0.25) is 0 Å². The zero-order valence-corrected chi connectivity index (χ0v) is 57.8. The molecule has 3 heterocycles. The van der Waals surface area contributed by atoms with Gasteiger partial charge in [-0.15, -0.1) is 0 Å². The largest absolute Gasteiger partial charge is 0.494 e. The lowest BCUT2D eigenvalue weighted by molar-refractivity contribution is 0.00578. The molecule has 3 aliphatic rings. The molecule has 0 spiro atoms. The summed E-state index contributed by atoms with van der Waals surface area (Å²) in [5.41, 5.74) is 16.1. The molecule has 0 saturated carbocycles. The van der Waals surface area contributed by atoms with Crippen LogP contribution in [0.5, 0.6) is 0 Å². The fourth-order valence-electron chi connectivity index (χ4n) is 15.2. The minimum Gasteiger partial charge on any atom is -0.399 e. The van der Waals surface area contributed by atoms with Crippen LogP contribution in [0.1, 0.15) is 77.6 Å². The topological polar surface area (TPSA) is 95.8 Å². The van der Waals surface area contributed by atoms with Crippen LogP contribution in [0.3, 0.4) is 0 Å². The Balaban J connectivity index is 0.000000118. The Morgan fingerprint density at radius 1 is 0.270 bits per heavy atom. The Labute approximate surface area is 587 Å². The summed E-state index contributed by atoms with van der Waals surface area (Å²) in [7, 11) is -0.326. The zero-order valence-electron chi connectivity index (χ0n) is 57.0. The highest BCUT2D eigenvalue weighted by atomic mass is 35.5. The number of halogens is 1. The normalized spacial score (nSPS) is 14.9. The van der Waals surface area contributed by atoms with E-state index in [1.54, 1.807) is 0 Å². The Morgan fingerprint density at radius 3 is 0.940 bits per heavy atom. The van der Waals surface area contributed by atoms with Gasteiger partial charge in [0.25, 0.3) is 0 Å². The van der Waals surface area contributed by atoms with Crippen molar-refractivity contribution in [1.29, 1.82) is 0 Å². The second-order valence-electron chi connectivity index (χ2n) is 28.6. The lowest BCUT2D eigenvalue weighted by Gasteiger charge is -2.32. The van der Waals surface area contributed by atoms with E-state index in [4.69, 9.17) is 35.9 Å². The molecular formula is C90H70BClN6O2. The zero-order chi connectivity index (χ0) is 68.2. The van der Waals surface area contributed by atoms with Crippen molar-refractivity contribution in [2.24, 2.45) is 0 Å². The molecule has 0 bridgehead atoms. The molecule has 16 aromatic rings. The molecule has 14 aromatic carbocycles. The Kier molecular flexibility index (Phi) is 15.1. The maximum Gasteiger partial charge on any atom is 0.494 e. The molecule has 0 unspecified atom stereocenters. The average molecular weight is 1310 g/mol. The molecule has 8 nitrogen and oxygen atoms in total. The smallest absolute Gasteiger partial charge is 0.399 e. The van der Waals surface area contributed by atoms with Gasteiger partial charge in [0.2, 0.25) is 5.28 Å². The van der Waals surface area contributed by atoms with Crippen molar-refractivity contribution in [3.63, 3.8) is 0 Å². The molecule has 482 valence electrons. The molecule has 1 fully saturated rings. The first kappa shape index (κ1) is 62.5. The Hall–Kier alpha value is -11.1. The molecule has 1 aliphatic heterocycles. The van der Waals surface area contributed by atoms with Crippen molar-refractivity contribution in [2.45, 2.75) is 77.4 Å². The predicted octanol–water partition coefficient (Wildman–Crippen LogP) is 22.2. The second kappa shape index (κ2) is 24.1. The van der Waals surface area contributed by atoms with E-state index in [0.717, 1.165) is 54.8 Å². The SMILES string of the molecule is CC1(C)c2ccccc2-c2ccc3cc(-c4nc(-c5ccc6ccccc6c5)nc(-c5ccc6ccccc6c5)n4)ccc3c21.CC1(C)c2ccccc2-c2ccc3cc(B4OC(C)(C)C(C)(C)O4)ccc3c21.Clc1nc(-c2ccc3ccccc3c2)nc(-c2ccc3ccccc3c2)n1. The number of aromatic nitrogens is 6. The summed E-state index contributed by atoms with van der Waals surface area (Å²) in [4.78, 5) is 28.6. The van der Waals surface area contributed by atoms with Crippen LogP contribution < -0.4 is 5.46 Å². The number of hydrogen-bond donors (Lipinski definition) is 0. The Bertz CT molecular complexity index is 5790. The van der Waals surface area contributed by atoms with E-state index < -0.39 is 0 Å². The molecule has 2 aliphatic carbocycles. The van der Waals surface area contributed by atoms with Gasteiger partial charge in [0.1, 0.15) is 0 Å². The number of fused-ring (bicyclic) bond motifs is 14. The van der Waals surface area contributed by atoms with E-state index in [0.29, 0.717) is 29.1 Å². The molecule has 0 N–H and O–H groups in total. The van der Waals surface area contributed by atoms with E-state index >= 15 is 0 Å². The van der Waals surface area contributed by atoms with Gasteiger partial charge in [0, 0.05) is 38.6 Å². The summed E-state index contributed by atoms with van der Waals surface area (Å²) in [6.07, 6.45) is 0. The summed E-state index contributed by atoms with van der Waals surface area (Å²) in [6, 6.07) is 98.3. The standard InChI is InChI=1S/C42H29N3.C25H27BO2.C23H14ClN3/c1-42(2)37-14-8-7-13-35(37)36-22-19-30-25-33(20-21-34(30)38(36)42)41-44-39(31-17-15-26-9-3-5-11-28(26)23-31)43-40(45-41)32-18-16-27-10-4-6-12-29(27)24-32;1-23(2)21-10-8-7-9-19(21)20-13-11-16-15-17(12-14-18(16)22(20)23)26-27-24(3,4)25(5,6)28-26;24-23-26-21(19-11-9-15-5-1-3-7-17(15)13-19)25-22(27-23)20-12-10-16-6-2-4-8-18(16)14-20/h3-25H,1-2H3;7-15H,1-6H3;1-14H. The average Bonchev–Trinajstić information content (AvgIpc) is 1.56. The fraction of sp³-hybridized carbons (Fsp3) is 0.133. The maximum absolute atomic E-state index is 6.26. The van der Waals surface area contributed by atoms with E-state index in [1.807, 2.05) is 36.4 Å². The molecule has 2 aromatic heterocycles. The van der Waals surface area contributed by atoms with Crippen LogP contribution in [0.15, 0.2) is 279 Å². The molecule has 0 atom stereocenters. The summed E-state index contributed by atoms with van der Waals surface area (Å²) in [6.45, 7) is 17.7. The van der Waals surface area contributed by atoms with Gasteiger partial charge >= 0.3 is 7.12 Å². The molecule has 100 heavy (non-hydrogen) atoms. The Morgan fingerprint density at radius 2 is 0.560 bits per heavy atom. The highest BCUT2D eigenvalue weighted by Crippen LogP contribution is 2.53. The highest BCUT2D eigenvalue weighted by Gasteiger charge is 2.52. The van der Waals surface area contributed by atoms with Crippen LogP contribution in [0.4, 0.5) is 0 Å². The number of benzene rings is 14. The third-order valence-electron chi connectivity index (χ3n) is 21.2. The number of nitrogens with zero attached hydrogens (tertiary/aromatic N) is 6. The first-order valence-corrected chi connectivity index (χ1v) is 34.6. The van der Waals surface area contributed by atoms with Crippen LogP contribution in [0.2, 0.25) is 5.28 Å². The van der Waals surface area contributed by atoms with Crippen molar-refractivity contribution in [3.8, 4) is 79.2 Å². The van der Waals surface area contributed by atoms with Gasteiger partial charge in [-0.2, -0.15) is 9.97 Å². The van der Waals surface area contributed by atoms with Gasteiger partial charge in [-0.05, 0) is 184 Å². The lowest BCUT2D eigenvalue weighted by atomic mass is 9.76. The molecular weight excluding hydrogens is 1240 g/mol. The number of rotatable bonds is 6. The molecule has 0 radical (unpaired) electrons. The van der Waals surface area contributed by atoms with Crippen LogP contribution in [-0.4, -0.2) is 48.2 Å². The lowest BCUT2D eigenvalue weighted by Crippen LogP contribution is -2.41. The van der Waals surface area contributed by atoms with Crippen LogP contribution in [0.25, 0.3) is 144 Å². The van der Waals surface area contributed by atoms with Crippen molar-refractivity contribution in [1.82, 2.24) is 29.9 Å². The summed E-state index contributed by atoms with van der Waals surface area (Å²) in [5.74, 6) is 3.15.